The van der Waals surface area contributed by atoms with E-state index in [1.807, 2.05) is 11.0 Å². The summed E-state index contributed by atoms with van der Waals surface area (Å²) in [6, 6.07) is 10.7. The molecule has 28 heavy (non-hydrogen) atoms. The van der Waals surface area contributed by atoms with Crippen molar-refractivity contribution in [1.82, 2.24) is 15.1 Å². The van der Waals surface area contributed by atoms with E-state index in [-0.39, 0.29) is 11.9 Å². The Kier molecular flexibility index (Phi) is 6.57. The van der Waals surface area contributed by atoms with E-state index in [1.54, 1.807) is 37.3 Å². The molecule has 0 radical (unpaired) electrons. The van der Waals surface area contributed by atoms with Crippen LogP contribution in [-0.2, 0) is 4.74 Å². The minimum atomic E-state index is -0.402. The van der Waals surface area contributed by atoms with E-state index in [9.17, 15) is 9.59 Å². The highest BCUT2D eigenvalue weighted by Crippen LogP contribution is 2.23. The number of piperidine rings is 1. The number of ether oxygens (including phenoxy) is 1. The highest BCUT2D eigenvalue weighted by atomic mass is 16.5. The summed E-state index contributed by atoms with van der Waals surface area (Å²) < 4.78 is 5.08. The van der Waals surface area contributed by atoms with Crippen molar-refractivity contribution in [1.29, 1.82) is 0 Å². The van der Waals surface area contributed by atoms with E-state index in [4.69, 9.17) is 4.74 Å². The van der Waals surface area contributed by atoms with E-state index in [2.05, 4.69) is 22.4 Å². The molecule has 0 saturated carbocycles. The third-order valence-corrected chi connectivity index (χ3v) is 4.93. The first-order valence-corrected chi connectivity index (χ1v) is 9.82. The fourth-order valence-electron chi connectivity index (χ4n) is 3.47. The highest BCUT2D eigenvalue weighted by Gasteiger charge is 2.27. The van der Waals surface area contributed by atoms with Gasteiger partial charge in [-0.05, 0) is 56.9 Å². The first-order chi connectivity index (χ1) is 13.6. The summed E-state index contributed by atoms with van der Waals surface area (Å²) in [5.41, 5.74) is 1.34. The predicted molar refractivity (Wildman–Crippen MR) is 107 cm³/mol. The second kappa shape index (κ2) is 9.30. The van der Waals surface area contributed by atoms with Crippen molar-refractivity contribution in [2.24, 2.45) is 0 Å². The molecule has 1 aliphatic rings. The summed E-state index contributed by atoms with van der Waals surface area (Å²) in [6.07, 6.45) is 4.18. The molecule has 7 nitrogen and oxygen atoms in total. The Labute approximate surface area is 165 Å². The Morgan fingerprint density at radius 2 is 1.96 bits per heavy atom. The SMILES string of the molecule is CCOC(=O)c1ccccc1Nc1ccc(C(=O)N2CCCCC2CC)nn1. The van der Waals surface area contributed by atoms with Gasteiger partial charge in [-0.1, -0.05) is 19.1 Å². The molecule has 1 unspecified atom stereocenters. The van der Waals surface area contributed by atoms with Crippen molar-refractivity contribution in [2.45, 2.75) is 45.6 Å². The number of esters is 1. The Bertz CT molecular complexity index is 823. The first kappa shape index (κ1) is 19.8. The molecule has 1 aromatic heterocycles. The van der Waals surface area contributed by atoms with E-state index in [0.717, 1.165) is 32.2 Å². The maximum Gasteiger partial charge on any atom is 0.340 e. The molecule has 1 N–H and O–H groups in total. The van der Waals surface area contributed by atoms with Crippen LogP contribution in [-0.4, -0.2) is 46.2 Å². The Hall–Kier alpha value is -2.96. The Balaban J connectivity index is 1.73. The zero-order chi connectivity index (χ0) is 19.9. The number of anilines is 2. The summed E-state index contributed by atoms with van der Waals surface area (Å²) in [4.78, 5) is 26.8. The van der Waals surface area contributed by atoms with Crippen LogP contribution in [0.1, 0.15) is 60.4 Å². The fourth-order valence-corrected chi connectivity index (χ4v) is 3.47. The lowest BCUT2D eigenvalue weighted by Crippen LogP contribution is -2.43. The van der Waals surface area contributed by atoms with Crippen molar-refractivity contribution in [3.8, 4) is 0 Å². The summed E-state index contributed by atoms with van der Waals surface area (Å²) in [5.74, 6) is -0.0161. The summed E-state index contributed by atoms with van der Waals surface area (Å²) >= 11 is 0. The van der Waals surface area contributed by atoms with Crippen LogP contribution in [0, 0.1) is 0 Å². The van der Waals surface area contributed by atoms with Gasteiger partial charge in [0.05, 0.1) is 17.9 Å². The van der Waals surface area contributed by atoms with Gasteiger partial charge in [-0.15, -0.1) is 10.2 Å². The number of hydrogen-bond acceptors (Lipinski definition) is 6. The molecule has 3 rings (SSSR count). The molecule has 1 amide bonds. The number of carbonyl (C=O) groups excluding carboxylic acids is 2. The van der Waals surface area contributed by atoms with E-state index in [1.165, 1.54) is 0 Å². The smallest absolute Gasteiger partial charge is 0.340 e. The minimum absolute atomic E-state index is 0.0717. The summed E-state index contributed by atoms with van der Waals surface area (Å²) in [7, 11) is 0. The van der Waals surface area contributed by atoms with Crippen molar-refractivity contribution in [2.75, 3.05) is 18.5 Å². The summed E-state index contributed by atoms with van der Waals surface area (Å²) in [6.45, 7) is 4.95. The third kappa shape index (κ3) is 4.47. The van der Waals surface area contributed by atoms with Crippen molar-refractivity contribution >= 4 is 23.4 Å². The molecule has 148 valence electrons. The second-order valence-corrected chi connectivity index (χ2v) is 6.75. The normalized spacial score (nSPS) is 16.5. The third-order valence-electron chi connectivity index (χ3n) is 4.93. The molecule has 7 heteroatoms. The van der Waals surface area contributed by atoms with Gasteiger partial charge in [0.25, 0.3) is 5.91 Å². The second-order valence-electron chi connectivity index (χ2n) is 6.75. The zero-order valence-electron chi connectivity index (χ0n) is 16.4. The Morgan fingerprint density at radius 1 is 1.14 bits per heavy atom. The number of amides is 1. The fraction of sp³-hybridized carbons (Fsp3) is 0.429. The van der Waals surface area contributed by atoms with Crippen LogP contribution in [0.5, 0.6) is 0 Å². The largest absolute Gasteiger partial charge is 0.462 e. The van der Waals surface area contributed by atoms with E-state index < -0.39 is 5.97 Å². The number of aromatic nitrogens is 2. The molecule has 1 aliphatic heterocycles. The minimum Gasteiger partial charge on any atom is -0.462 e. The molecule has 2 heterocycles. The van der Waals surface area contributed by atoms with E-state index in [0.29, 0.717) is 29.4 Å². The average molecular weight is 382 g/mol. The molecule has 1 atom stereocenters. The average Bonchev–Trinajstić information content (AvgIpc) is 2.74. The standard InChI is InChI=1S/C21H26N4O3/c1-3-15-9-7-8-14-25(15)20(26)18-12-13-19(24-23-18)22-17-11-6-5-10-16(17)21(27)28-4-2/h5-6,10-13,15H,3-4,7-9,14H2,1-2H3,(H,22,24). The lowest BCUT2D eigenvalue weighted by Gasteiger charge is -2.34. The van der Waals surface area contributed by atoms with Gasteiger partial charge in [-0.3, -0.25) is 4.79 Å². The summed E-state index contributed by atoms with van der Waals surface area (Å²) in [5, 5.41) is 11.3. The van der Waals surface area contributed by atoms with Crippen LogP contribution in [0.2, 0.25) is 0 Å². The van der Waals surface area contributed by atoms with Crippen LogP contribution in [0.15, 0.2) is 36.4 Å². The lowest BCUT2D eigenvalue weighted by atomic mass is 9.99. The van der Waals surface area contributed by atoms with Gasteiger partial charge in [0.1, 0.15) is 0 Å². The van der Waals surface area contributed by atoms with Crippen LogP contribution >= 0.6 is 0 Å². The lowest BCUT2D eigenvalue weighted by molar-refractivity contribution is 0.0526. The van der Waals surface area contributed by atoms with Gasteiger partial charge in [0.2, 0.25) is 0 Å². The van der Waals surface area contributed by atoms with Crippen LogP contribution < -0.4 is 5.32 Å². The monoisotopic (exact) mass is 382 g/mol. The van der Waals surface area contributed by atoms with Crippen molar-refractivity contribution in [3.63, 3.8) is 0 Å². The van der Waals surface area contributed by atoms with Gasteiger partial charge >= 0.3 is 5.97 Å². The van der Waals surface area contributed by atoms with Gasteiger partial charge in [0.15, 0.2) is 11.5 Å². The molecule has 0 spiro atoms. The number of nitrogens with zero attached hydrogens (tertiary/aromatic N) is 3. The number of nitrogens with one attached hydrogen (secondary N) is 1. The number of carbonyl (C=O) groups is 2. The van der Waals surface area contributed by atoms with Crippen LogP contribution in [0.25, 0.3) is 0 Å². The van der Waals surface area contributed by atoms with Crippen molar-refractivity contribution < 1.29 is 14.3 Å². The zero-order valence-corrected chi connectivity index (χ0v) is 16.4. The molecule has 1 aromatic carbocycles. The molecule has 0 aliphatic carbocycles. The number of benzene rings is 1. The van der Waals surface area contributed by atoms with Gasteiger partial charge < -0.3 is 15.0 Å². The topological polar surface area (TPSA) is 84.4 Å². The highest BCUT2D eigenvalue weighted by molar-refractivity contribution is 5.96. The maximum atomic E-state index is 12.8. The number of hydrogen-bond donors (Lipinski definition) is 1. The van der Waals surface area contributed by atoms with Gasteiger partial charge in [-0.25, -0.2) is 4.79 Å². The van der Waals surface area contributed by atoms with Gasteiger partial charge in [-0.2, -0.15) is 0 Å². The van der Waals surface area contributed by atoms with E-state index >= 15 is 0 Å². The Morgan fingerprint density at radius 3 is 2.68 bits per heavy atom. The molecular weight excluding hydrogens is 356 g/mol. The van der Waals surface area contributed by atoms with Crippen molar-refractivity contribution in [3.05, 3.63) is 47.7 Å². The van der Waals surface area contributed by atoms with Crippen LogP contribution in [0.3, 0.4) is 0 Å². The maximum absolute atomic E-state index is 12.8. The van der Waals surface area contributed by atoms with Crippen LogP contribution in [0.4, 0.5) is 11.5 Å². The molecule has 1 saturated heterocycles. The number of likely N-dealkylation sites (tertiary alicyclic amines) is 1. The van der Waals surface area contributed by atoms with Gasteiger partial charge in [0, 0.05) is 12.6 Å². The number of para-hydroxylation sites is 1. The quantitative estimate of drug-likeness (QED) is 0.765. The molecule has 1 fully saturated rings. The molecular formula is C21H26N4O3. The molecule has 2 aromatic rings. The predicted octanol–water partition coefficient (Wildman–Crippen LogP) is 3.80. The first-order valence-electron chi connectivity index (χ1n) is 9.82. The number of rotatable bonds is 6. The molecule has 0 bridgehead atoms.